The number of anilines is 2. The minimum atomic E-state index is -0.00254. The average Bonchev–Trinajstić information content (AvgIpc) is 2.75. The van der Waals surface area contributed by atoms with Crippen molar-refractivity contribution in [1.29, 1.82) is 0 Å². The van der Waals surface area contributed by atoms with Gasteiger partial charge in [-0.15, -0.1) is 0 Å². The number of aromatic nitrogens is 1. The zero-order valence-electron chi connectivity index (χ0n) is 16.7. The molecule has 0 aliphatic carbocycles. The fraction of sp³-hybridized carbons (Fsp3) is 0.250. The van der Waals surface area contributed by atoms with Gasteiger partial charge in [0.2, 0.25) is 0 Å². The van der Waals surface area contributed by atoms with Crippen LogP contribution in [-0.2, 0) is 6.54 Å². The molecule has 1 aliphatic heterocycles. The Morgan fingerprint density at radius 3 is 2.45 bits per heavy atom. The maximum atomic E-state index is 12.9. The Balaban J connectivity index is 1.36. The summed E-state index contributed by atoms with van der Waals surface area (Å²) in [4.78, 5) is 21.6. The number of nitrogens with zero attached hydrogens (tertiary/aromatic N) is 3. The molecule has 5 nitrogen and oxygen atoms in total. The summed E-state index contributed by atoms with van der Waals surface area (Å²) >= 11 is 0. The molecule has 1 saturated heterocycles. The second kappa shape index (κ2) is 8.88. The fourth-order valence-electron chi connectivity index (χ4n) is 3.63. The van der Waals surface area contributed by atoms with E-state index in [0.717, 1.165) is 44.1 Å². The zero-order chi connectivity index (χ0) is 20.1. The number of hydrogen-bond acceptors (Lipinski definition) is 4. The Morgan fingerprint density at radius 1 is 0.931 bits per heavy atom. The van der Waals surface area contributed by atoms with Crippen LogP contribution in [0, 0.1) is 6.92 Å². The first kappa shape index (κ1) is 19.2. The van der Waals surface area contributed by atoms with E-state index in [4.69, 9.17) is 0 Å². The molecule has 29 heavy (non-hydrogen) atoms. The summed E-state index contributed by atoms with van der Waals surface area (Å²) in [7, 11) is 0. The smallest absolute Gasteiger partial charge is 0.272 e. The van der Waals surface area contributed by atoms with Crippen molar-refractivity contribution in [2.24, 2.45) is 0 Å². The highest BCUT2D eigenvalue weighted by molar-refractivity contribution is 5.93. The van der Waals surface area contributed by atoms with Crippen LogP contribution in [0.1, 0.15) is 21.6 Å². The first-order valence-electron chi connectivity index (χ1n) is 10.0. The predicted molar refractivity (Wildman–Crippen MR) is 116 cm³/mol. The maximum absolute atomic E-state index is 12.9. The first-order chi connectivity index (χ1) is 14.2. The minimum Gasteiger partial charge on any atom is -0.355 e. The third-order valence-electron chi connectivity index (χ3n) is 5.19. The van der Waals surface area contributed by atoms with Crippen molar-refractivity contribution < 1.29 is 4.79 Å². The summed E-state index contributed by atoms with van der Waals surface area (Å²) in [6, 6.07) is 22.4. The number of carbonyl (C=O) groups is 1. The number of aryl methyl sites for hydroxylation is 1. The standard InChI is InChI=1S/C24H26N4O/c1-19-6-5-9-21(16-19)26-22-10-11-25-23(17-22)24(29)28-14-12-27(13-15-28)18-20-7-3-2-4-8-20/h2-11,16-17H,12-15,18H2,1H3,(H,25,26). The summed E-state index contributed by atoms with van der Waals surface area (Å²) in [6.45, 7) is 6.19. The fourth-order valence-corrected chi connectivity index (χ4v) is 3.63. The number of pyridine rings is 1. The van der Waals surface area contributed by atoms with Gasteiger partial charge in [0.05, 0.1) is 0 Å². The molecule has 1 amide bonds. The number of carbonyl (C=O) groups excluding carboxylic acids is 1. The van der Waals surface area contributed by atoms with E-state index in [1.54, 1.807) is 6.20 Å². The monoisotopic (exact) mass is 386 g/mol. The van der Waals surface area contributed by atoms with Crippen molar-refractivity contribution in [1.82, 2.24) is 14.8 Å². The third kappa shape index (κ3) is 5.00. The summed E-state index contributed by atoms with van der Waals surface area (Å²) in [5, 5.41) is 3.36. The van der Waals surface area contributed by atoms with Crippen LogP contribution < -0.4 is 5.32 Å². The predicted octanol–water partition coefficient (Wildman–Crippen LogP) is 4.09. The van der Waals surface area contributed by atoms with Crippen LogP contribution >= 0.6 is 0 Å². The molecule has 0 atom stereocenters. The van der Waals surface area contributed by atoms with E-state index in [1.165, 1.54) is 11.1 Å². The van der Waals surface area contributed by atoms with Crippen LogP contribution in [0.5, 0.6) is 0 Å². The Kier molecular flexibility index (Phi) is 5.86. The van der Waals surface area contributed by atoms with Crippen molar-refractivity contribution in [2.45, 2.75) is 13.5 Å². The van der Waals surface area contributed by atoms with E-state index in [-0.39, 0.29) is 5.91 Å². The van der Waals surface area contributed by atoms with E-state index < -0.39 is 0 Å². The lowest BCUT2D eigenvalue weighted by molar-refractivity contribution is 0.0623. The molecule has 3 aromatic rings. The number of nitrogens with one attached hydrogen (secondary N) is 1. The SMILES string of the molecule is Cc1cccc(Nc2ccnc(C(=O)N3CCN(Cc4ccccc4)CC3)c2)c1. The average molecular weight is 386 g/mol. The van der Waals surface area contributed by atoms with E-state index in [1.807, 2.05) is 35.2 Å². The largest absolute Gasteiger partial charge is 0.355 e. The van der Waals surface area contributed by atoms with Crippen molar-refractivity contribution in [3.63, 3.8) is 0 Å². The molecule has 0 unspecified atom stereocenters. The first-order valence-corrected chi connectivity index (χ1v) is 10.0. The van der Waals surface area contributed by atoms with Crippen LogP contribution in [0.3, 0.4) is 0 Å². The van der Waals surface area contributed by atoms with Crippen molar-refractivity contribution >= 4 is 17.3 Å². The molecule has 0 saturated carbocycles. The van der Waals surface area contributed by atoms with Crippen LogP contribution in [0.2, 0.25) is 0 Å². The Hall–Kier alpha value is -3.18. The normalized spacial score (nSPS) is 14.6. The molecular formula is C24H26N4O. The lowest BCUT2D eigenvalue weighted by atomic mass is 10.2. The number of piperazine rings is 1. The minimum absolute atomic E-state index is 0.00254. The van der Waals surface area contributed by atoms with E-state index in [0.29, 0.717) is 5.69 Å². The van der Waals surface area contributed by atoms with Crippen LogP contribution in [0.25, 0.3) is 0 Å². The number of amides is 1. The van der Waals surface area contributed by atoms with Crippen molar-refractivity contribution in [3.05, 3.63) is 89.7 Å². The Bertz CT molecular complexity index is 965. The molecule has 1 aromatic heterocycles. The highest BCUT2D eigenvalue weighted by atomic mass is 16.2. The molecule has 0 radical (unpaired) electrons. The van der Waals surface area contributed by atoms with Crippen molar-refractivity contribution in [2.75, 3.05) is 31.5 Å². The molecule has 2 heterocycles. The summed E-state index contributed by atoms with van der Waals surface area (Å²) < 4.78 is 0. The van der Waals surface area contributed by atoms with Crippen LogP contribution in [-0.4, -0.2) is 46.9 Å². The lowest BCUT2D eigenvalue weighted by Crippen LogP contribution is -2.48. The van der Waals surface area contributed by atoms with Gasteiger partial charge in [-0.3, -0.25) is 14.7 Å². The summed E-state index contributed by atoms with van der Waals surface area (Å²) in [5.74, 6) is -0.00254. The molecule has 1 fully saturated rings. The second-order valence-electron chi connectivity index (χ2n) is 7.48. The zero-order valence-corrected chi connectivity index (χ0v) is 16.7. The molecule has 2 aromatic carbocycles. The quantitative estimate of drug-likeness (QED) is 0.717. The van der Waals surface area contributed by atoms with Gasteiger partial charge in [0.15, 0.2) is 0 Å². The lowest BCUT2D eigenvalue weighted by Gasteiger charge is -2.34. The number of hydrogen-bond donors (Lipinski definition) is 1. The number of rotatable bonds is 5. The third-order valence-corrected chi connectivity index (χ3v) is 5.19. The van der Waals surface area contributed by atoms with Gasteiger partial charge in [0.1, 0.15) is 5.69 Å². The molecular weight excluding hydrogens is 360 g/mol. The van der Waals surface area contributed by atoms with E-state index in [2.05, 4.69) is 58.5 Å². The summed E-state index contributed by atoms with van der Waals surface area (Å²) in [5.41, 5.74) is 4.86. The molecule has 1 aliphatic rings. The molecule has 0 spiro atoms. The van der Waals surface area contributed by atoms with Gasteiger partial charge in [0.25, 0.3) is 5.91 Å². The van der Waals surface area contributed by atoms with E-state index in [9.17, 15) is 4.79 Å². The van der Waals surface area contributed by atoms with Gasteiger partial charge in [-0.2, -0.15) is 0 Å². The topological polar surface area (TPSA) is 48.5 Å². The highest BCUT2D eigenvalue weighted by Gasteiger charge is 2.23. The maximum Gasteiger partial charge on any atom is 0.272 e. The van der Waals surface area contributed by atoms with Gasteiger partial charge >= 0.3 is 0 Å². The van der Waals surface area contributed by atoms with Gasteiger partial charge in [-0.1, -0.05) is 42.5 Å². The van der Waals surface area contributed by atoms with Crippen LogP contribution in [0.4, 0.5) is 11.4 Å². The second-order valence-corrected chi connectivity index (χ2v) is 7.48. The Labute approximate surface area is 172 Å². The van der Waals surface area contributed by atoms with Crippen molar-refractivity contribution in [3.8, 4) is 0 Å². The van der Waals surface area contributed by atoms with Gasteiger partial charge in [-0.05, 0) is 42.3 Å². The summed E-state index contributed by atoms with van der Waals surface area (Å²) in [6.07, 6.45) is 1.69. The molecule has 4 rings (SSSR count). The number of benzene rings is 2. The Morgan fingerprint density at radius 2 is 1.69 bits per heavy atom. The molecule has 0 bridgehead atoms. The molecule has 1 N–H and O–H groups in total. The molecule has 148 valence electrons. The van der Waals surface area contributed by atoms with Gasteiger partial charge in [-0.25, -0.2) is 0 Å². The van der Waals surface area contributed by atoms with Crippen LogP contribution in [0.15, 0.2) is 72.9 Å². The van der Waals surface area contributed by atoms with E-state index >= 15 is 0 Å². The highest BCUT2D eigenvalue weighted by Crippen LogP contribution is 2.19. The van der Waals surface area contributed by atoms with Gasteiger partial charge < -0.3 is 10.2 Å². The van der Waals surface area contributed by atoms with Gasteiger partial charge in [0, 0.05) is 50.3 Å². The molecule has 5 heteroatoms.